The maximum Gasteiger partial charge on any atom is 0.494 e. The predicted octanol–water partition coefficient (Wildman–Crippen LogP) is 24.0. The number of rotatable bonds is 10. The van der Waals surface area contributed by atoms with Crippen LogP contribution in [0.3, 0.4) is 0 Å². The van der Waals surface area contributed by atoms with Crippen molar-refractivity contribution in [2.24, 2.45) is 0 Å². The monoisotopic (exact) mass is 1440 g/mol. The molecule has 14 heteroatoms. The highest BCUT2D eigenvalue weighted by Crippen LogP contribution is 2.43. The molecule has 526 valence electrons. The van der Waals surface area contributed by atoms with Crippen LogP contribution in [0.25, 0.3) is 178 Å². The van der Waals surface area contributed by atoms with E-state index in [2.05, 4.69) is 273 Å². The Labute approximate surface area is 639 Å². The number of para-hydroxylation sites is 4. The number of benzene rings is 14. The Morgan fingerprint density at radius 2 is 0.627 bits per heavy atom. The zero-order valence-electron chi connectivity index (χ0n) is 60.5. The van der Waals surface area contributed by atoms with Gasteiger partial charge in [0.15, 0.2) is 17.5 Å². The van der Waals surface area contributed by atoms with Crippen molar-refractivity contribution in [2.45, 2.75) is 38.9 Å². The molecule has 0 aliphatic carbocycles. The van der Waals surface area contributed by atoms with Gasteiger partial charge in [0, 0.05) is 59.8 Å². The first-order valence-corrected chi connectivity index (χ1v) is 37.1. The normalized spacial score (nSPS) is 13.2. The van der Waals surface area contributed by atoms with Crippen molar-refractivity contribution < 1.29 is 18.1 Å². The van der Waals surface area contributed by atoms with Crippen molar-refractivity contribution in [3.05, 3.63) is 345 Å². The summed E-state index contributed by atoms with van der Waals surface area (Å²) >= 11 is 6.24. The molecule has 0 saturated carbocycles. The van der Waals surface area contributed by atoms with Crippen molar-refractivity contribution >= 4 is 112 Å². The zero-order valence-corrected chi connectivity index (χ0v) is 61.3. The van der Waals surface area contributed by atoms with E-state index in [0.29, 0.717) is 29.4 Å². The lowest BCUT2D eigenvalue weighted by molar-refractivity contribution is 0.00578. The van der Waals surface area contributed by atoms with Crippen LogP contribution >= 0.6 is 11.6 Å². The Kier molecular flexibility index (Phi) is 16.9. The summed E-state index contributed by atoms with van der Waals surface area (Å²) in [6.07, 6.45) is 0. The highest BCUT2D eigenvalue weighted by atomic mass is 35.5. The third-order valence-electron chi connectivity index (χ3n) is 21.2. The molecule has 14 aromatic carbocycles. The van der Waals surface area contributed by atoms with Gasteiger partial charge in [-0.3, -0.25) is 9.13 Å². The van der Waals surface area contributed by atoms with E-state index in [-0.39, 0.29) is 16.5 Å². The van der Waals surface area contributed by atoms with E-state index in [9.17, 15) is 0 Å². The third-order valence-corrected chi connectivity index (χ3v) is 21.4. The molecule has 0 N–H and O–H groups in total. The number of nitrogens with zero attached hydrogens (tertiary/aromatic N) is 8. The minimum absolute atomic E-state index is 0.177. The number of hydrogen-bond donors (Lipinski definition) is 0. The quantitative estimate of drug-likeness (QED) is 0.122. The van der Waals surface area contributed by atoms with Crippen LogP contribution in [-0.4, -0.2) is 57.4 Å². The fourth-order valence-corrected chi connectivity index (χ4v) is 15.3. The molecule has 0 spiro atoms. The molecule has 1 saturated heterocycles. The first-order valence-electron chi connectivity index (χ1n) is 36.8. The lowest BCUT2D eigenvalue weighted by atomic mass is 9.79. The third kappa shape index (κ3) is 12.3. The van der Waals surface area contributed by atoms with Crippen LogP contribution in [0.5, 0.6) is 0 Å². The van der Waals surface area contributed by atoms with Crippen LogP contribution < -0.4 is 5.46 Å². The van der Waals surface area contributed by atoms with Crippen molar-refractivity contribution in [2.75, 3.05) is 0 Å². The molecule has 0 amide bonds. The van der Waals surface area contributed by atoms with Crippen molar-refractivity contribution in [3.8, 4) is 90.6 Å². The van der Waals surface area contributed by atoms with E-state index >= 15 is 0 Å². The Morgan fingerprint density at radius 3 is 1.08 bits per heavy atom. The molecule has 0 radical (unpaired) electrons. The lowest BCUT2D eigenvalue weighted by Crippen LogP contribution is -2.41. The number of furan rings is 2. The van der Waals surface area contributed by atoms with E-state index in [4.69, 9.17) is 49.7 Å². The summed E-state index contributed by atoms with van der Waals surface area (Å²) in [4.78, 5) is 28.6. The van der Waals surface area contributed by atoms with Crippen LogP contribution in [0, 0.1) is 0 Å². The Hall–Kier alpha value is -13.4. The van der Waals surface area contributed by atoms with Gasteiger partial charge in [-0.25, -0.2) is 4.98 Å². The molecule has 1 aliphatic heterocycles. The van der Waals surface area contributed by atoms with Gasteiger partial charge in [-0.2, -0.15) is 24.9 Å². The number of hydrogen-bond acceptors (Lipinski definition) is 10. The van der Waals surface area contributed by atoms with Gasteiger partial charge in [-0.1, -0.05) is 273 Å². The second kappa shape index (κ2) is 27.7. The van der Waals surface area contributed by atoms with E-state index in [1.54, 1.807) is 0 Å². The largest absolute Gasteiger partial charge is 0.494 e. The summed E-state index contributed by atoms with van der Waals surface area (Å²) in [6.45, 7) is 8.29. The second-order valence-corrected chi connectivity index (χ2v) is 28.8. The maximum atomic E-state index is 6.55. The number of aromatic nitrogens is 8. The number of fused-ring (bicyclic) bond motifs is 12. The summed E-state index contributed by atoms with van der Waals surface area (Å²) in [5.74, 6) is 2.83. The molecule has 6 aromatic heterocycles. The second-order valence-electron chi connectivity index (χ2n) is 28.5. The van der Waals surface area contributed by atoms with E-state index < -0.39 is 7.12 Å². The average Bonchev–Trinajstić information content (AvgIpc) is 1.61. The van der Waals surface area contributed by atoms with E-state index in [1.165, 1.54) is 27.8 Å². The van der Waals surface area contributed by atoms with Gasteiger partial charge >= 0.3 is 7.12 Å². The molecule has 110 heavy (non-hydrogen) atoms. The van der Waals surface area contributed by atoms with Crippen molar-refractivity contribution in [3.63, 3.8) is 0 Å². The molecule has 0 unspecified atom stereocenters. The van der Waals surface area contributed by atoms with Crippen LogP contribution in [0.15, 0.2) is 349 Å². The van der Waals surface area contributed by atoms with Gasteiger partial charge in [0.2, 0.25) is 17.2 Å². The number of halogens is 1. The molecule has 1 fully saturated rings. The van der Waals surface area contributed by atoms with Gasteiger partial charge in [0.1, 0.15) is 22.3 Å². The molecule has 12 nitrogen and oxygen atoms in total. The molecular weight excluding hydrogens is 1380 g/mol. The van der Waals surface area contributed by atoms with Gasteiger partial charge in [-0.15, -0.1) is 0 Å². The summed E-state index contributed by atoms with van der Waals surface area (Å²) in [5, 5.41) is 9.15. The van der Waals surface area contributed by atoms with Crippen molar-refractivity contribution in [1.29, 1.82) is 0 Å². The standard InChI is InChI=1S/C45H28N4O.C30H27BO3.C21H13ClN4/c1-3-13-29(14-4-1)31-17-11-18-32(27-31)34-21-12-24-40-42(34)37-26-25-33(28-41(37)50-40)44-46-43(30-15-5-2-6-16-30)47-45(48-44)49-38-22-9-7-19-35(38)36-20-8-10-23-39(36)49;1-29(2)30(3,4)34-31(33-29)23-16-17-25-27(19-23)32-26-15-9-14-24(28(25)26)22-13-8-12-21(18-22)20-10-6-5-7-11-20;22-20-23-19(14-8-2-1-3-9-14)24-21(25-20)26-17-12-6-4-10-15(17)16-11-5-7-13-18(16)26/h1-28H;5-19H,1-4H3;1-13H. The first kappa shape index (κ1) is 67.2. The molecule has 7 heterocycles. The first-order chi connectivity index (χ1) is 53.9. The minimum Gasteiger partial charge on any atom is -0.456 e. The Morgan fingerprint density at radius 1 is 0.273 bits per heavy atom. The van der Waals surface area contributed by atoms with Crippen molar-refractivity contribution in [1.82, 2.24) is 39.0 Å². The Balaban J connectivity index is 0.000000119. The molecule has 0 atom stereocenters. The highest BCUT2D eigenvalue weighted by Gasteiger charge is 2.52. The summed E-state index contributed by atoms with van der Waals surface area (Å²) in [7, 11) is -0.412. The smallest absolute Gasteiger partial charge is 0.456 e. The minimum atomic E-state index is -0.412. The van der Waals surface area contributed by atoms with Gasteiger partial charge in [-0.05, 0) is 156 Å². The SMILES string of the molecule is CC1(C)OB(c2ccc3c(c2)oc2cccc(-c4cccc(-c5ccccc5)c4)c23)OC1(C)C.Clc1nc(-c2ccccc2)nc(-n2c3ccccc3c3ccccc32)n1.c1ccc(-c2cccc(-c3cccc4oc5cc(-c6nc(-c7ccccc7)nc(-n7c8ccccc8c8ccccc87)n6)ccc5c34)c2)cc1. The van der Waals surface area contributed by atoms with Crippen LogP contribution in [0.2, 0.25) is 5.28 Å². The topological polar surface area (TPSA) is 132 Å². The van der Waals surface area contributed by atoms with Crippen LogP contribution in [-0.2, 0) is 9.31 Å². The summed E-state index contributed by atoms with van der Waals surface area (Å²) < 4.78 is 29.6. The molecule has 1 aliphatic rings. The highest BCUT2D eigenvalue weighted by molar-refractivity contribution is 6.62. The van der Waals surface area contributed by atoms with Gasteiger partial charge < -0.3 is 18.1 Å². The molecular formula is C96H68BClN8O4. The fourth-order valence-electron chi connectivity index (χ4n) is 15.2. The summed E-state index contributed by atoms with van der Waals surface area (Å²) in [5.41, 5.74) is 19.8. The van der Waals surface area contributed by atoms with Gasteiger partial charge in [0.25, 0.3) is 0 Å². The molecule has 21 rings (SSSR count). The van der Waals surface area contributed by atoms with Crippen LogP contribution in [0.1, 0.15) is 27.7 Å². The van der Waals surface area contributed by atoms with E-state index in [1.807, 2.05) is 114 Å². The predicted molar refractivity (Wildman–Crippen MR) is 448 cm³/mol. The zero-order chi connectivity index (χ0) is 74.0. The van der Waals surface area contributed by atoms with Crippen LogP contribution in [0.4, 0.5) is 0 Å². The average molecular weight is 1440 g/mol. The maximum absolute atomic E-state index is 6.55. The Bertz CT molecular complexity index is 6780. The summed E-state index contributed by atoms with van der Waals surface area (Å²) in [6, 6.07) is 117. The molecule has 0 bridgehead atoms. The van der Waals surface area contributed by atoms with Gasteiger partial charge in [0.05, 0.1) is 33.3 Å². The lowest BCUT2D eigenvalue weighted by Gasteiger charge is -2.32. The van der Waals surface area contributed by atoms with E-state index in [0.717, 1.165) is 126 Å². The fraction of sp³-hybridized carbons (Fsp3) is 0.0625. The molecule has 20 aromatic rings.